The maximum absolute atomic E-state index is 14.0. The summed E-state index contributed by atoms with van der Waals surface area (Å²) in [5, 5.41) is 0. The number of benzene rings is 5. The molecule has 0 radical (unpaired) electrons. The summed E-state index contributed by atoms with van der Waals surface area (Å²) in [6, 6.07) is 44.4. The number of rotatable bonds is 5. The Balaban J connectivity index is 1.88. The second kappa shape index (κ2) is 8.87. The van der Waals surface area contributed by atoms with Crippen LogP contribution in [0.15, 0.2) is 133 Å². The molecule has 5 aromatic carbocycles. The molecule has 32 heavy (non-hydrogen) atoms. The molecule has 0 unspecified atom stereocenters. The Kier molecular flexibility index (Phi) is 5.47. The SMILES string of the molecule is O=C(c1ccccc1)c1c(-c2ccccc2)ccc(-c2ccccc2)c1-c1ccccc1. The summed E-state index contributed by atoms with van der Waals surface area (Å²) in [5.41, 5.74) is 7.53. The van der Waals surface area contributed by atoms with Crippen molar-refractivity contribution in [2.45, 2.75) is 0 Å². The average Bonchev–Trinajstić information content (AvgIpc) is 2.89. The smallest absolute Gasteiger partial charge is 0.194 e. The first kappa shape index (κ1) is 19.7. The molecule has 5 rings (SSSR count). The van der Waals surface area contributed by atoms with E-state index in [9.17, 15) is 4.79 Å². The first-order valence-corrected chi connectivity index (χ1v) is 10.8. The highest BCUT2D eigenvalue weighted by Gasteiger charge is 2.23. The van der Waals surface area contributed by atoms with Gasteiger partial charge in [0, 0.05) is 16.7 Å². The van der Waals surface area contributed by atoms with E-state index in [0.717, 1.165) is 38.9 Å². The van der Waals surface area contributed by atoms with Crippen molar-refractivity contribution in [1.82, 2.24) is 0 Å². The lowest BCUT2D eigenvalue weighted by molar-refractivity contribution is 0.104. The van der Waals surface area contributed by atoms with Gasteiger partial charge in [0.05, 0.1) is 0 Å². The van der Waals surface area contributed by atoms with Gasteiger partial charge < -0.3 is 0 Å². The Hall–Kier alpha value is -4.23. The van der Waals surface area contributed by atoms with E-state index in [2.05, 4.69) is 48.5 Å². The number of ketones is 1. The van der Waals surface area contributed by atoms with Gasteiger partial charge in [-0.1, -0.05) is 133 Å². The molecule has 0 saturated carbocycles. The molecule has 0 bridgehead atoms. The molecule has 1 heteroatoms. The quantitative estimate of drug-likeness (QED) is 0.269. The van der Waals surface area contributed by atoms with E-state index >= 15 is 0 Å². The fourth-order valence-corrected chi connectivity index (χ4v) is 4.19. The maximum atomic E-state index is 14.0. The summed E-state index contributed by atoms with van der Waals surface area (Å²) in [7, 11) is 0. The molecule has 0 heterocycles. The molecule has 0 fully saturated rings. The van der Waals surface area contributed by atoms with Crippen molar-refractivity contribution in [1.29, 1.82) is 0 Å². The number of carbonyl (C=O) groups excluding carboxylic acids is 1. The van der Waals surface area contributed by atoms with E-state index in [4.69, 9.17) is 0 Å². The van der Waals surface area contributed by atoms with Crippen molar-refractivity contribution in [3.63, 3.8) is 0 Å². The molecule has 0 aliphatic carbocycles. The zero-order valence-electron chi connectivity index (χ0n) is 17.6. The van der Waals surface area contributed by atoms with Gasteiger partial charge in [0.15, 0.2) is 5.78 Å². The van der Waals surface area contributed by atoms with Crippen molar-refractivity contribution >= 4 is 5.78 Å². The minimum Gasteiger partial charge on any atom is -0.289 e. The van der Waals surface area contributed by atoms with Gasteiger partial charge in [0.1, 0.15) is 0 Å². The van der Waals surface area contributed by atoms with Crippen LogP contribution in [0.4, 0.5) is 0 Å². The molecule has 5 aromatic rings. The highest BCUT2D eigenvalue weighted by molar-refractivity contribution is 6.18. The maximum Gasteiger partial charge on any atom is 0.194 e. The molecule has 0 aliphatic rings. The van der Waals surface area contributed by atoms with E-state index in [1.165, 1.54) is 0 Å². The van der Waals surface area contributed by atoms with E-state index in [1.54, 1.807) is 0 Å². The third kappa shape index (κ3) is 3.77. The first-order valence-electron chi connectivity index (χ1n) is 10.8. The van der Waals surface area contributed by atoms with Crippen molar-refractivity contribution in [3.8, 4) is 33.4 Å². The standard InChI is InChI=1S/C31H22O/c32-31(26-19-11-4-12-20-26)30-28(24-15-7-2-8-16-24)22-21-27(23-13-5-1-6-14-23)29(30)25-17-9-3-10-18-25/h1-22H. The largest absolute Gasteiger partial charge is 0.289 e. The van der Waals surface area contributed by atoms with Crippen LogP contribution in [0.3, 0.4) is 0 Å². The number of hydrogen-bond acceptors (Lipinski definition) is 1. The van der Waals surface area contributed by atoms with Gasteiger partial charge in [0.25, 0.3) is 0 Å². The van der Waals surface area contributed by atoms with Crippen molar-refractivity contribution in [3.05, 3.63) is 145 Å². The molecule has 0 spiro atoms. The molecular formula is C31H22O. The van der Waals surface area contributed by atoms with Gasteiger partial charge in [-0.05, 0) is 27.8 Å². The van der Waals surface area contributed by atoms with Crippen LogP contribution < -0.4 is 0 Å². The lowest BCUT2D eigenvalue weighted by atomic mass is 9.83. The summed E-state index contributed by atoms with van der Waals surface area (Å²) in [5.74, 6) is 0.0288. The second-order valence-corrected chi connectivity index (χ2v) is 7.70. The predicted octanol–water partition coefficient (Wildman–Crippen LogP) is 7.92. The van der Waals surface area contributed by atoms with Gasteiger partial charge in [-0.2, -0.15) is 0 Å². The Morgan fingerprint density at radius 1 is 0.406 bits per heavy atom. The van der Waals surface area contributed by atoms with Gasteiger partial charge in [-0.15, -0.1) is 0 Å². The third-order valence-electron chi connectivity index (χ3n) is 5.70. The molecule has 0 aromatic heterocycles. The Labute approximate surface area is 188 Å². The summed E-state index contributed by atoms with van der Waals surface area (Å²) in [4.78, 5) is 14.0. The Morgan fingerprint density at radius 3 is 1.34 bits per heavy atom. The average molecular weight is 411 g/mol. The third-order valence-corrected chi connectivity index (χ3v) is 5.70. The van der Waals surface area contributed by atoms with Crippen LogP contribution in [0.5, 0.6) is 0 Å². The fourth-order valence-electron chi connectivity index (χ4n) is 4.19. The normalized spacial score (nSPS) is 10.6. The zero-order valence-corrected chi connectivity index (χ0v) is 17.6. The van der Waals surface area contributed by atoms with E-state index in [1.807, 2.05) is 84.9 Å². The molecule has 0 atom stereocenters. The monoisotopic (exact) mass is 410 g/mol. The molecule has 152 valence electrons. The van der Waals surface area contributed by atoms with Crippen molar-refractivity contribution in [2.75, 3.05) is 0 Å². The van der Waals surface area contributed by atoms with Crippen molar-refractivity contribution in [2.24, 2.45) is 0 Å². The highest BCUT2D eigenvalue weighted by atomic mass is 16.1. The Morgan fingerprint density at radius 2 is 0.812 bits per heavy atom. The van der Waals surface area contributed by atoms with Crippen LogP contribution >= 0.6 is 0 Å². The van der Waals surface area contributed by atoms with Gasteiger partial charge in [-0.25, -0.2) is 0 Å². The lowest BCUT2D eigenvalue weighted by Gasteiger charge is -2.19. The summed E-state index contributed by atoms with van der Waals surface area (Å²) in [6.07, 6.45) is 0. The number of carbonyl (C=O) groups is 1. The number of hydrogen-bond donors (Lipinski definition) is 0. The highest BCUT2D eigenvalue weighted by Crippen LogP contribution is 2.41. The summed E-state index contributed by atoms with van der Waals surface area (Å²) < 4.78 is 0. The molecular weight excluding hydrogens is 388 g/mol. The second-order valence-electron chi connectivity index (χ2n) is 7.70. The molecule has 0 saturated heterocycles. The van der Waals surface area contributed by atoms with E-state index < -0.39 is 0 Å². The van der Waals surface area contributed by atoms with Crippen LogP contribution in [0, 0.1) is 0 Å². The molecule has 0 aliphatic heterocycles. The van der Waals surface area contributed by atoms with Gasteiger partial charge in [0.2, 0.25) is 0 Å². The van der Waals surface area contributed by atoms with Crippen LogP contribution in [-0.2, 0) is 0 Å². The minimum absolute atomic E-state index is 0.0288. The van der Waals surface area contributed by atoms with Crippen LogP contribution in [0.25, 0.3) is 33.4 Å². The lowest BCUT2D eigenvalue weighted by Crippen LogP contribution is -2.07. The van der Waals surface area contributed by atoms with Crippen LogP contribution in [0.2, 0.25) is 0 Å². The predicted molar refractivity (Wildman–Crippen MR) is 133 cm³/mol. The van der Waals surface area contributed by atoms with Crippen LogP contribution in [0.1, 0.15) is 15.9 Å². The van der Waals surface area contributed by atoms with Crippen molar-refractivity contribution < 1.29 is 4.79 Å². The van der Waals surface area contributed by atoms with Gasteiger partial charge in [-0.3, -0.25) is 4.79 Å². The van der Waals surface area contributed by atoms with E-state index in [-0.39, 0.29) is 5.78 Å². The minimum atomic E-state index is 0.0288. The molecule has 1 nitrogen and oxygen atoms in total. The fraction of sp³-hybridized carbons (Fsp3) is 0. The summed E-state index contributed by atoms with van der Waals surface area (Å²) in [6.45, 7) is 0. The summed E-state index contributed by atoms with van der Waals surface area (Å²) >= 11 is 0. The molecule has 0 amide bonds. The first-order chi connectivity index (χ1) is 15.8. The van der Waals surface area contributed by atoms with Gasteiger partial charge >= 0.3 is 0 Å². The molecule has 0 N–H and O–H groups in total. The topological polar surface area (TPSA) is 17.1 Å². The van der Waals surface area contributed by atoms with Crippen LogP contribution in [-0.4, -0.2) is 5.78 Å². The van der Waals surface area contributed by atoms with E-state index in [0.29, 0.717) is 5.56 Å². The Bertz CT molecular complexity index is 1340. The zero-order chi connectivity index (χ0) is 21.8.